The van der Waals surface area contributed by atoms with Crippen molar-refractivity contribution in [2.75, 3.05) is 19.5 Å². The van der Waals surface area contributed by atoms with E-state index in [4.69, 9.17) is 15.7 Å². The van der Waals surface area contributed by atoms with Gasteiger partial charge in [-0.3, -0.25) is 0 Å². The van der Waals surface area contributed by atoms with Crippen LogP contribution >= 0.6 is 0 Å². The number of esters is 1. The van der Waals surface area contributed by atoms with Crippen molar-refractivity contribution < 1.29 is 14.3 Å². The van der Waals surface area contributed by atoms with Gasteiger partial charge in [0.25, 0.3) is 0 Å². The van der Waals surface area contributed by atoms with Gasteiger partial charge in [0, 0.05) is 11.8 Å². The Labute approximate surface area is 87.0 Å². The van der Waals surface area contributed by atoms with Crippen LogP contribution in [0, 0.1) is 11.3 Å². The zero-order valence-electron chi connectivity index (χ0n) is 8.19. The lowest BCUT2D eigenvalue weighted by atomic mass is 10.2. The van der Waals surface area contributed by atoms with Crippen LogP contribution in [0.1, 0.15) is 10.4 Å². The smallest absolute Gasteiger partial charge is 0.339 e. The van der Waals surface area contributed by atoms with Gasteiger partial charge in [0.05, 0.1) is 12.7 Å². The van der Waals surface area contributed by atoms with Crippen LogP contribution in [0.3, 0.4) is 0 Å². The summed E-state index contributed by atoms with van der Waals surface area (Å²) >= 11 is 0. The molecule has 5 heteroatoms. The number of methoxy groups -OCH3 is 1. The van der Waals surface area contributed by atoms with Crippen molar-refractivity contribution in [2.24, 2.45) is 0 Å². The maximum absolute atomic E-state index is 11.3. The van der Waals surface area contributed by atoms with E-state index >= 15 is 0 Å². The topological polar surface area (TPSA) is 85.3 Å². The SMILES string of the molecule is COc1cc(N)cc(C(=O)OCC#N)c1. The number of hydrogen-bond donors (Lipinski definition) is 1. The molecule has 1 rings (SSSR count). The van der Waals surface area contributed by atoms with Crippen molar-refractivity contribution in [3.8, 4) is 11.8 Å². The number of nitrogen functional groups attached to an aromatic ring is 1. The summed E-state index contributed by atoms with van der Waals surface area (Å²) in [7, 11) is 1.47. The monoisotopic (exact) mass is 206 g/mol. The van der Waals surface area contributed by atoms with Crippen LogP contribution in [0.2, 0.25) is 0 Å². The Kier molecular flexibility index (Phi) is 3.52. The lowest BCUT2D eigenvalue weighted by Crippen LogP contribution is -2.06. The Morgan fingerprint density at radius 2 is 2.27 bits per heavy atom. The van der Waals surface area contributed by atoms with E-state index in [2.05, 4.69) is 4.74 Å². The van der Waals surface area contributed by atoms with E-state index in [1.807, 2.05) is 0 Å². The summed E-state index contributed by atoms with van der Waals surface area (Å²) in [6, 6.07) is 6.25. The first-order valence-corrected chi connectivity index (χ1v) is 4.16. The third-order valence-corrected chi connectivity index (χ3v) is 1.67. The van der Waals surface area contributed by atoms with Crippen LogP contribution in [-0.4, -0.2) is 19.7 Å². The normalized spacial score (nSPS) is 9.07. The van der Waals surface area contributed by atoms with Crippen molar-refractivity contribution in [1.29, 1.82) is 5.26 Å². The van der Waals surface area contributed by atoms with Crippen molar-refractivity contribution in [1.82, 2.24) is 0 Å². The number of rotatable bonds is 3. The fraction of sp³-hybridized carbons (Fsp3) is 0.200. The van der Waals surface area contributed by atoms with E-state index in [9.17, 15) is 4.79 Å². The highest BCUT2D eigenvalue weighted by atomic mass is 16.5. The Hall–Kier alpha value is -2.22. The fourth-order valence-electron chi connectivity index (χ4n) is 1.04. The minimum absolute atomic E-state index is 0.266. The van der Waals surface area contributed by atoms with E-state index in [1.54, 1.807) is 12.1 Å². The summed E-state index contributed by atoms with van der Waals surface area (Å²) < 4.78 is 9.56. The molecule has 0 unspecified atom stereocenters. The minimum Gasteiger partial charge on any atom is -0.497 e. The third kappa shape index (κ3) is 2.88. The molecule has 0 saturated heterocycles. The van der Waals surface area contributed by atoms with Crippen LogP contribution in [-0.2, 0) is 4.74 Å². The summed E-state index contributed by atoms with van der Waals surface area (Å²) in [6.45, 7) is -0.282. The molecule has 0 radical (unpaired) electrons. The van der Waals surface area contributed by atoms with Crippen molar-refractivity contribution >= 4 is 11.7 Å². The van der Waals surface area contributed by atoms with E-state index < -0.39 is 5.97 Å². The number of hydrogen-bond acceptors (Lipinski definition) is 5. The molecule has 2 N–H and O–H groups in total. The number of anilines is 1. The molecule has 1 aromatic rings. The molecule has 0 aliphatic heterocycles. The first-order valence-electron chi connectivity index (χ1n) is 4.16. The summed E-state index contributed by atoms with van der Waals surface area (Å²) in [6.07, 6.45) is 0. The standard InChI is InChI=1S/C10H10N2O3/c1-14-9-5-7(4-8(12)6-9)10(13)15-3-2-11/h4-6H,3,12H2,1H3. The molecule has 0 saturated carbocycles. The third-order valence-electron chi connectivity index (χ3n) is 1.67. The Bertz CT molecular complexity index is 410. The number of ether oxygens (including phenoxy) is 2. The second-order valence-corrected chi connectivity index (χ2v) is 2.73. The lowest BCUT2D eigenvalue weighted by molar-refractivity contribution is 0.0554. The largest absolute Gasteiger partial charge is 0.497 e. The molecule has 0 atom stereocenters. The van der Waals surface area contributed by atoms with Gasteiger partial charge >= 0.3 is 5.97 Å². The first kappa shape index (κ1) is 10.9. The minimum atomic E-state index is -0.595. The Morgan fingerprint density at radius 1 is 1.53 bits per heavy atom. The van der Waals surface area contributed by atoms with Crippen molar-refractivity contribution in [2.45, 2.75) is 0 Å². The van der Waals surface area contributed by atoms with Crippen LogP contribution in [0.15, 0.2) is 18.2 Å². The highest BCUT2D eigenvalue weighted by Crippen LogP contribution is 2.18. The molecule has 0 bridgehead atoms. The van der Waals surface area contributed by atoms with Crippen LogP contribution < -0.4 is 10.5 Å². The van der Waals surface area contributed by atoms with Gasteiger partial charge in [-0.05, 0) is 12.1 Å². The molecule has 15 heavy (non-hydrogen) atoms. The van der Waals surface area contributed by atoms with Gasteiger partial charge in [0.1, 0.15) is 11.8 Å². The van der Waals surface area contributed by atoms with Crippen LogP contribution in [0.25, 0.3) is 0 Å². The number of benzene rings is 1. The van der Waals surface area contributed by atoms with Gasteiger partial charge in [-0.15, -0.1) is 0 Å². The van der Waals surface area contributed by atoms with Gasteiger partial charge < -0.3 is 15.2 Å². The Morgan fingerprint density at radius 3 is 2.87 bits per heavy atom. The molecule has 0 aromatic heterocycles. The molecule has 5 nitrogen and oxygen atoms in total. The van der Waals surface area contributed by atoms with Crippen molar-refractivity contribution in [3.63, 3.8) is 0 Å². The van der Waals surface area contributed by atoms with E-state index in [0.29, 0.717) is 11.4 Å². The average Bonchev–Trinajstić information content (AvgIpc) is 2.24. The second kappa shape index (κ2) is 4.86. The maximum atomic E-state index is 11.3. The number of carbonyl (C=O) groups is 1. The molecule has 0 aliphatic rings. The van der Waals surface area contributed by atoms with Crippen LogP contribution in [0.4, 0.5) is 5.69 Å². The zero-order chi connectivity index (χ0) is 11.3. The van der Waals surface area contributed by atoms with Gasteiger partial charge in [0.15, 0.2) is 6.61 Å². The van der Waals surface area contributed by atoms with Gasteiger partial charge in [-0.2, -0.15) is 5.26 Å². The second-order valence-electron chi connectivity index (χ2n) is 2.73. The van der Waals surface area contributed by atoms with E-state index in [0.717, 1.165) is 0 Å². The highest BCUT2D eigenvalue weighted by molar-refractivity contribution is 5.91. The lowest BCUT2D eigenvalue weighted by Gasteiger charge is -2.05. The molecule has 0 fully saturated rings. The fourth-order valence-corrected chi connectivity index (χ4v) is 1.04. The molecule has 0 heterocycles. The van der Waals surface area contributed by atoms with E-state index in [1.165, 1.54) is 19.2 Å². The quantitative estimate of drug-likeness (QED) is 0.588. The molecule has 0 spiro atoms. The predicted molar refractivity (Wildman–Crippen MR) is 53.3 cm³/mol. The first-order chi connectivity index (χ1) is 7.17. The molecule has 0 amide bonds. The molecule has 0 aliphatic carbocycles. The predicted octanol–water partition coefficient (Wildman–Crippen LogP) is 0.958. The number of nitriles is 1. The summed E-state index contributed by atoms with van der Waals surface area (Å²) in [5.41, 5.74) is 6.22. The molecule has 78 valence electrons. The Balaban J connectivity index is 2.89. The molecular weight excluding hydrogens is 196 g/mol. The van der Waals surface area contributed by atoms with Gasteiger partial charge in [-0.25, -0.2) is 4.79 Å². The number of carbonyl (C=O) groups excluding carboxylic acids is 1. The zero-order valence-corrected chi connectivity index (χ0v) is 8.19. The van der Waals surface area contributed by atoms with Gasteiger partial charge in [0.2, 0.25) is 0 Å². The molecular formula is C10H10N2O3. The van der Waals surface area contributed by atoms with Crippen LogP contribution in [0.5, 0.6) is 5.75 Å². The van der Waals surface area contributed by atoms with E-state index in [-0.39, 0.29) is 12.2 Å². The number of nitrogens with two attached hydrogens (primary N) is 1. The average molecular weight is 206 g/mol. The highest BCUT2D eigenvalue weighted by Gasteiger charge is 2.09. The summed E-state index contributed by atoms with van der Waals surface area (Å²) in [4.78, 5) is 11.3. The molecule has 1 aromatic carbocycles. The maximum Gasteiger partial charge on any atom is 0.339 e. The summed E-state index contributed by atoms with van der Waals surface area (Å²) in [5, 5.41) is 8.24. The van der Waals surface area contributed by atoms with Crippen molar-refractivity contribution in [3.05, 3.63) is 23.8 Å². The summed E-state index contributed by atoms with van der Waals surface area (Å²) in [5.74, 6) is -0.124. The van der Waals surface area contributed by atoms with Gasteiger partial charge in [-0.1, -0.05) is 0 Å². The number of nitrogens with zero attached hydrogens (tertiary/aromatic N) is 1.